The first-order valence-corrected chi connectivity index (χ1v) is 175. The third kappa shape index (κ3) is 43.1. The fourth-order valence-corrected chi connectivity index (χ4v) is 1280. The summed E-state index contributed by atoms with van der Waals surface area (Å²) in [5.74, 6) is 0. The molecule has 0 saturated heterocycles. The molecule has 0 fully saturated rings. The van der Waals surface area contributed by atoms with Crippen molar-refractivity contribution in [3.63, 3.8) is 0 Å². The third-order valence-corrected chi connectivity index (χ3v) is 612. The zero-order valence-electron chi connectivity index (χ0n) is 44.0. The third-order valence-electron chi connectivity index (χ3n) is 7.56. The van der Waals surface area contributed by atoms with Gasteiger partial charge in [-0.15, -0.1) is 375 Å². The van der Waals surface area contributed by atoms with Gasteiger partial charge in [0.1, 0.15) is 0 Å². The van der Waals surface area contributed by atoms with Crippen molar-refractivity contribution in [1.29, 1.82) is 0 Å². The molecule has 0 saturated carbocycles. The normalized spacial score (nSPS) is 15.0. The summed E-state index contributed by atoms with van der Waals surface area (Å²) in [6.45, 7) is -17.0. The van der Waals surface area contributed by atoms with Gasteiger partial charge in [-0.05, 0) is 293 Å². The Balaban J connectivity index is 13.3. The van der Waals surface area contributed by atoms with E-state index in [0.29, 0.717) is 0 Å². The summed E-state index contributed by atoms with van der Waals surface area (Å²) in [6.07, 6.45) is 0. The van der Waals surface area contributed by atoms with Gasteiger partial charge in [-0.3, -0.25) is 0 Å². The molecule has 0 heterocycles. The lowest BCUT2D eigenvalue weighted by Crippen LogP contribution is -1.76. The molecule has 0 rings (SSSR count). The maximum atomic E-state index is 4.84. The van der Waals surface area contributed by atoms with E-state index in [1.54, 1.807) is 0 Å². The lowest BCUT2D eigenvalue weighted by Gasteiger charge is -2.63. The Kier molecular flexibility index (Phi) is 96.1. The van der Waals surface area contributed by atoms with Crippen LogP contribution in [0.3, 0.4) is 0 Å². The highest BCUT2D eigenvalue weighted by Crippen LogP contribution is 3.53. The molecule has 45 atom stereocenters. The molecule has 0 spiro atoms. The number of hydrogen-bond acceptors (Lipinski definition) is 0. The van der Waals surface area contributed by atoms with E-state index in [1.807, 2.05) is 0 Å². The number of rotatable bonds is 41. The molecule has 86 heavy (non-hydrogen) atoms. The first kappa shape index (κ1) is 123. The van der Waals surface area contributed by atoms with Gasteiger partial charge < -0.3 is 0 Å². The van der Waals surface area contributed by atoms with Gasteiger partial charge in [0, 0.05) is 0 Å². The van der Waals surface area contributed by atoms with E-state index in [1.165, 1.54) is 0 Å². The van der Waals surface area contributed by atoms with Crippen molar-refractivity contribution in [1.82, 2.24) is 0 Å². The van der Waals surface area contributed by atoms with Gasteiger partial charge in [-0.25, -0.2) is 0 Å². The second kappa shape index (κ2) is 67.2. The van der Waals surface area contributed by atoms with Gasteiger partial charge in [-0.2, -0.15) is 0 Å². The minimum absolute atomic E-state index is 0.355. The lowest BCUT2D eigenvalue weighted by molar-refractivity contribution is 4.30. The Hall–Kier alpha value is 37.0. The topological polar surface area (TPSA) is 0 Å². The standard InChI is InChI=1S/H86P86/c1-45(2)67(46(3)4)78(68(47(5)6)48(7)8)83(77(65(41)42)66(43)44)86(84(79(69(49(9)10)50(11)12)70(51(13)14)52(15)16)80(71(53(17)18)54(19)20)72(55(21)22)56(23)24)85(81(73(57(25)26)58(27)28)74(59(29)30)60(31)32)82(75(61(33)34)62(35)36)76(63(37)38)64(39)40/h1-2H,3-44H2. The van der Waals surface area contributed by atoms with Crippen molar-refractivity contribution in [3.05, 3.63) is 0 Å². The van der Waals surface area contributed by atoms with Crippen molar-refractivity contribution < 1.29 is 0 Å². The van der Waals surface area contributed by atoms with Crippen LogP contribution in [0.4, 0.5) is 0 Å². The molecule has 2 radical (unpaired) electrons. The molecule has 0 aromatic heterocycles. The second-order valence-electron chi connectivity index (χ2n) is 13.7. The smallest absolute Gasteiger partial charge is 0.00000286 e. The van der Waals surface area contributed by atoms with Crippen LogP contribution in [-0.4, -0.2) is 0 Å². The van der Waals surface area contributed by atoms with Crippen LogP contribution in [0.15, 0.2) is 0 Å². The molecule has 0 aromatic carbocycles. The highest BCUT2D eigenvalue weighted by atomic mass is 33.6. The molecule has 0 N–H and O–H groups in total. The summed E-state index contributed by atoms with van der Waals surface area (Å²) in [5, 5.41) is 0. The van der Waals surface area contributed by atoms with Gasteiger partial charge in [0.05, 0.1) is 0 Å². The average Bonchev–Trinajstić information content (AvgIpc) is 3.27. The molecule has 0 aliphatic rings. The van der Waals surface area contributed by atoms with E-state index in [0.717, 1.165) is 0 Å². The van der Waals surface area contributed by atoms with E-state index in [2.05, 4.69) is 375 Å². The SMILES string of the molecule is [PH]P([PH])P(P(P)P)P(P(P(P)P)P(P)P)P(P(P(P)P)P(P)P)P(P(P(P(P(P)P)P(P)P)P(P(P)P)P(P)P)P(P(P(P)P)P(P)P)P(P(P)P)P(P)P)P(P(P(P(P)P)P(P)P)P(P(P)P)P(P)P)P(P(P(P)P)P(P)P)P(P(P)P)P(P)P. The maximum Gasteiger partial charge on any atom is -0.00000286 e. The molecule has 516 valence electrons. The molecule has 45 unspecified atom stereocenters. The maximum absolute atomic E-state index is 4.84. The number of hydrogen-bond donors (Lipinski definition) is 0. The summed E-state index contributed by atoms with van der Waals surface area (Å²) in [7, 11) is 166. The molecule has 0 aliphatic heterocycles. The van der Waals surface area contributed by atoms with E-state index < -0.39 is 105 Å². The molecular weight excluding hydrogens is 2660 g/mol. The second-order valence-corrected chi connectivity index (χ2v) is 369. The Morgan fingerprint density at radius 1 is 0.0930 bits per heavy atom. The predicted octanol–water partition coefficient (Wildman–Crippen LogP) is 51.0. The average molecular weight is 2750 g/mol. The molecule has 0 nitrogen and oxygen atoms in total. The van der Waals surface area contributed by atoms with Crippen molar-refractivity contribution in [2.24, 2.45) is 0 Å². The minimum Gasteiger partial charge on any atom is -0.102 e. The Morgan fingerprint density at radius 3 is 0.221 bits per heavy atom. The Labute approximate surface area is 675 Å². The van der Waals surface area contributed by atoms with Crippen LogP contribution in [0.5, 0.6) is 0 Å². The predicted molar refractivity (Wildman–Crippen MR) is 715 cm³/mol. The van der Waals surface area contributed by atoms with Crippen LogP contribution in [0, 0.1) is 0 Å². The van der Waals surface area contributed by atoms with Crippen LogP contribution in [-0.2, 0) is 0 Å². The highest BCUT2D eigenvalue weighted by Gasteiger charge is 2.66. The summed E-state index contributed by atoms with van der Waals surface area (Å²) < 4.78 is 0. The minimum atomic E-state index is -0.581. The van der Waals surface area contributed by atoms with Gasteiger partial charge in [0.2, 0.25) is 0 Å². The molecule has 0 aromatic rings. The monoisotopic (exact) mass is 2750 g/mol. The Bertz CT molecular complexity index is 1350. The van der Waals surface area contributed by atoms with Crippen LogP contribution in [0.25, 0.3) is 0 Å². The first-order chi connectivity index (χ1) is 39.1. The lowest BCUT2D eigenvalue weighted by atomic mass is 28.4. The molecule has 0 aliphatic carbocycles. The van der Waals surface area contributed by atoms with Crippen LogP contribution < -0.4 is 0 Å². The van der Waals surface area contributed by atoms with Gasteiger partial charge >= 0.3 is 0 Å². The highest BCUT2D eigenvalue weighted by molar-refractivity contribution is 9.59. The van der Waals surface area contributed by atoms with Crippen LogP contribution in [0.2, 0.25) is 0 Å². The molecule has 0 bridgehead atoms. The van der Waals surface area contributed by atoms with E-state index >= 15 is 0 Å². The van der Waals surface area contributed by atoms with Crippen LogP contribution in [0.1, 0.15) is 0 Å². The van der Waals surface area contributed by atoms with E-state index in [-0.39, 0.29) is 189 Å². The van der Waals surface area contributed by atoms with Gasteiger partial charge in [-0.1, -0.05) is 17.9 Å². The van der Waals surface area contributed by atoms with Crippen molar-refractivity contribution in [2.45, 2.75) is 0 Å². The van der Waals surface area contributed by atoms with E-state index in [9.17, 15) is 0 Å². The zero-order chi connectivity index (χ0) is 68.2. The summed E-state index contributed by atoms with van der Waals surface area (Å²) >= 11 is 0. The fraction of sp³-hybridized carbons (Fsp3) is 0. The van der Waals surface area contributed by atoms with Crippen LogP contribution >= 0.6 is 686 Å². The zero-order valence-corrected chi connectivity index (χ0v) is 132. The summed E-state index contributed by atoms with van der Waals surface area (Å²) in [6, 6.07) is 0. The molecule has 86 heteroatoms. The van der Waals surface area contributed by atoms with Crippen molar-refractivity contribution >= 4 is 686 Å². The van der Waals surface area contributed by atoms with Gasteiger partial charge in [0.25, 0.3) is 0 Å². The fourth-order valence-electron chi connectivity index (χ4n) is 5.25. The van der Waals surface area contributed by atoms with Crippen molar-refractivity contribution in [2.75, 3.05) is 0 Å². The largest absolute Gasteiger partial charge is 0.102 e. The first-order valence-electron chi connectivity index (χ1n) is 19.5. The quantitative estimate of drug-likeness (QED) is 0.0535. The Morgan fingerprint density at radius 2 is 0.151 bits per heavy atom. The van der Waals surface area contributed by atoms with Gasteiger partial charge in [0.15, 0.2) is 0 Å². The summed E-state index contributed by atoms with van der Waals surface area (Å²) in [4.78, 5) is 0. The summed E-state index contributed by atoms with van der Waals surface area (Å²) in [5.41, 5.74) is 0. The van der Waals surface area contributed by atoms with Crippen molar-refractivity contribution in [3.8, 4) is 0 Å². The van der Waals surface area contributed by atoms with E-state index in [4.69, 9.17) is 17.9 Å². The molecule has 0 amide bonds. The molecular formula is H86P86.